The molecule has 0 aliphatic carbocycles. The van der Waals surface area contributed by atoms with Gasteiger partial charge in [0.1, 0.15) is 0 Å². The highest BCUT2D eigenvalue weighted by Gasteiger charge is 2.19. The maximum absolute atomic E-state index is 6.14. The lowest BCUT2D eigenvalue weighted by atomic mass is 10.00. The minimum atomic E-state index is 0.699. The molecule has 0 fully saturated rings. The van der Waals surface area contributed by atoms with Crippen molar-refractivity contribution in [2.45, 2.75) is 0 Å². The summed E-state index contributed by atoms with van der Waals surface area (Å²) in [5, 5.41) is 0. The average Bonchev–Trinajstić information content (AvgIpc) is 3.00. The van der Waals surface area contributed by atoms with Crippen molar-refractivity contribution in [1.29, 1.82) is 0 Å². The van der Waals surface area contributed by atoms with Gasteiger partial charge in [-0.15, -0.1) is 0 Å². The van der Waals surface area contributed by atoms with Gasteiger partial charge in [0, 0.05) is 16.7 Å². The molecule has 4 heteroatoms. The zero-order valence-corrected chi connectivity index (χ0v) is 20.4. The highest BCUT2D eigenvalue weighted by molar-refractivity contribution is 5.77. The third kappa shape index (κ3) is 4.18. The second kappa shape index (κ2) is 9.34. The molecule has 0 amide bonds. The van der Waals surface area contributed by atoms with Crippen LogP contribution in [0.4, 0.5) is 0 Å². The van der Waals surface area contributed by atoms with E-state index in [2.05, 4.69) is 48.5 Å². The SMILES string of the molecule is c1ccc(-c2cc(-c3cccc(-c4ccc5c(c4)Oc4ccccc4O5)c3)nc(-c3ccccc3)n2)cc1. The van der Waals surface area contributed by atoms with Crippen molar-refractivity contribution in [2.75, 3.05) is 0 Å². The van der Waals surface area contributed by atoms with Crippen LogP contribution in [0.3, 0.4) is 0 Å². The van der Waals surface area contributed by atoms with Gasteiger partial charge >= 0.3 is 0 Å². The number of fused-ring (bicyclic) bond motifs is 2. The van der Waals surface area contributed by atoms with Crippen LogP contribution in [0.15, 0.2) is 133 Å². The summed E-state index contributed by atoms with van der Waals surface area (Å²) < 4.78 is 12.2. The maximum atomic E-state index is 6.14. The summed E-state index contributed by atoms with van der Waals surface area (Å²) in [7, 11) is 0. The number of para-hydroxylation sites is 2. The summed E-state index contributed by atoms with van der Waals surface area (Å²) >= 11 is 0. The first-order chi connectivity index (χ1) is 18.8. The smallest absolute Gasteiger partial charge is 0.170 e. The zero-order valence-electron chi connectivity index (χ0n) is 20.4. The van der Waals surface area contributed by atoms with Gasteiger partial charge in [-0.05, 0) is 47.5 Å². The summed E-state index contributed by atoms with van der Waals surface area (Å²) in [6.07, 6.45) is 0. The lowest BCUT2D eigenvalue weighted by Crippen LogP contribution is -1.98. The van der Waals surface area contributed by atoms with Gasteiger partial charge in [-0.2, -0.15) is 0 Å². The maximum Gasteiger partial charge on any atom is 0.170 e. The van der Waals surface area contributed by atoms with Crippen LogP contribution in [0.2, 0.25) is 0 Å². The second-order valence-electron chi connectivity index (χ2n) is 9.09. The standard InChI is InChI=1S/C34H22N2O2/c1-3-10-23(11-4-1)28-22-29(36-34(35-28)24-12-5-2-6-13-24)27-15-9-14-25(20-27)26-18-19-32-33(21-26)38-31-17-8-7-16-30(31)37-32/h1-22H. The van der Waals surface area contributed by atoms with Gasteiger partial charge < -0.3 is 9.47 Å². The molecule has 1 aliphatic heterocycles. The summed E-state index contributed by atoms with van der Waals surface area (Å²) in [6, 6.07) is 44.5. The number of benzene rings is 5. The van der Waals surface area contributed by atoms with E-state index in [4.69, 9.17) is 19.4 Å². The predicted molar refractivity (Wildman–Crippen MR) is 150 cm³/mol. The fourth-order valence-corrected chi connectivity index (χ4v) is 4.63. The monoisotopic (exact) mass is 490 g/mol. The summed E-state index contributed by atoms with van der Waals surface area (Å²) in [5.41, 5.74) is 6.90. The molecule has 38 heavy (non-hydrogen) atoms. The molecule has 0 saturated heterocycles. The number of hydrogen-bond acceptors (Lipinski definition) is 4. The van der Waals surface area contributed by atoms with Crippen molar-refractivity contribution in [1.82, 2.24) is 9.97 Å². The van der Waals surface area contributed by atoms with Gasteiger partial charge in [0.15, 0.2) is 28.8 Å². The van der Waals surface area contributed by atoms with Crippen LogP contribution in [0.25, 0.3) is 45.0 Å². The molecule has 0 spiro atoms. The van der Waals surface area contributed by atoms with Crippen LogP contribution >= 0.6 is 0 Å². The topological polar surface area (TPSA) is 44.2 Å². The van der Waals surface area contributed by atoms with Crippen LogP contribution in [-0.2, 0) is 0 Å². The van der Waals surface area contributed by atoms with Crippen molar-refractivity contribution >= 4 is 0 Å². The number of rotatable bonds is 4. The molecule has 4 nitrogen and oxygen atoms in total. The van der Waals surface area contributed by atoms with Crippen molar-refractivity contribution in [2.24, 2.45) is 0 Å². The van der Waals surface area contributed by atoms with Crippen molar-refractivity contribution in [3.8, 4) is 68.0 Å². The highest BCUT2D eigenvalue weighted by atomic mass is 16.6. The van der Waals surface area contributed by atoms with E-state index in [0.29, 0.717) is 23.1 Å². The van der Waals surface area contributed by atoms with E-state index in [1.165, 1.54) is 0 Å². The van der Waals surface area contributed by atoms with Gasteiger partial charge in [-0.1, -0.05) is 97.1 Å². The van der Waals surface area contributed by atoms with Gasteiger partial charge in [0.05, 0.1) is 11.4 Å². The molecule has 0 N–H and O–H groups in total. The Bertz CT molecular complexity index is 1710. The first-order valence-electron chi connectivity index (χ1n) is 12.5. The van der Waals surface area contributed by atoms with Crippen molar-refractivity contribution < 1.29 is 9.47 Å². The Morgan fingerprint density at radius 2 is 0.868 bits per heavy atom. The molecule has 5 aromatic carbocycles. The molecule has 1 aromatic heterocycles. The fourth-order valence-electron chi connectivity index (χ4n) is 4.63. The molecule has 6 aromatic rings. The molecule has 1 aliphatic rings. The van der Waals surface area contributed by atoms with Gasteiger partial charge in [0.25, 0.3) is 0 Å². The molecule has 0 bridgehead atoms. The number of ether oxygens (including phenoxy) is 2. The highest BCUT2D eigenvalue weighted by Crippen LogP contribution is 2.46. The quantitative estimate of drug-likeness (QED) is 0.247. The Kier molecular flexibility index (Phi) is 5.41. The predicted octanol–water partition coefficient (Wildman–Crippen LogP) is 9.04. The van der Waals surface area contributed by atoms with Crippen LogP contribution in [0.5, 0.6) is 23.0 Å². The third-order valence-corrected chi connectivity index (χ3v) is 6.55. The van der Waals surface area contributed by atoms with Crippen molar-refractivity contribution in [3.63, 3.8) is 0 Å². The van der Waals surface area contributed by atoms with Gasteiger partial charge in [0.2, 0.25) is 0 Å². The largest absolute Gasteiger partial charge is 0.450 e. The summed E-state index contributed by atoms with van der Waals surface area (Å²) in [4.78, 5) is 9.88. The molecular formula is C34H22N2O2. The first kappa shape index (κ1) is 22.0. The zero-order chi connectivity index (χ0) is 25.3. The van der Waals surface area contributed by atoms with E-state index < -0.39 is 0 Å². The van der Waals surface area contributed by atoms with E-state index in [0.717, 1.165) is 45.0 Å². The molecule has 0 saturated carbocycles. The van der Waals surface area contributed by atoms with Crippen LogP contribution in [-0.4, -0.2) is 9.97 Å². The van der Waals surface area contributed by atoms with Crippen LogP contribution in [0.1, 0.15) is 0 Å². The van der Waals surface area contributed by atoms with E-state index in [1.807, 2.05) is 84.9 Å². The fraction of sp³-hybridized carbons (Fsp3) is 0. The Morgan fingerprint density at radius 1 is 0.342 bits per heavy atom. The lowest BCUT2D eigenvalue weighted by Gasteiger charge is -2.21. The Balaban J connectivity index is 1.30. The number of hydrogen-bond donors (Lipinski definition) is 0. The number of aromatic nitrogens is 2. The normalized spacial score (nSPS) is 11.6. The molecule has 0 atom stereocenters. The van der Waals surface area contributed by atoms with Crippen LogP contribution in [0, 0.1) is 0 Å². The molecule has 0 unspecified atom stereocenters. The Hall–Kier alpha value is -5.22. The average molecular weight is 491 g/mol. The third-order valence-electron chi connectivity index (χ3n) is 6.55. The summed E-state index contributed by atoms with van der Waals surface area (Å²) in [6.45, 7) is 0. The van der Waals surface area contributed by atoms with E-state index in [1.54, 1.807) is 0 Å². The second-order valence-corrected chi connectivity index (χ2v) is 9.09. The molecule has 180 valence electrons. The molecule has 0 radical (unpaired) electrons. The van der Waals surface area contributed by atoms with E-state index in [9.17, 15) is 0 Å². The Labute approximate surface area is 220 Å². The van der Waals surface area contributed by atoms with E-state index in [-0.39, 0.29) is 0 Å². The number of nitrogens with zero attached hydrogens (tertiary/aromatic N) is 2. The minimum Gasteiger partial charge on any atom is -0.450 e. The lowest BCUT2D eigenvalue weighted by molar-refractivity contribution is 0.360. The van der Waals surface area contributed by atoms with Gasteiger partial charge in [-0.25, -0.2) is 9.97 Å². The molecule has 2 heterocycles. The Morgan fingerprint density at radius 3 is 1.61 bits per heavy atom. The minimum absolute atomic E-state index is 0.699. The first-order valence-corrected chi connectivity index (χ1v) is 12.5. The van der Waals surface area contributed by atoms with Gasteiger partial charge in [-0.3, -0.25) is 0 Å². The van der Waals surface area contributed by atoms with Crippen LogP contribution < -0.4 is 9.47 Å². The van der Waals surface area contributed by atoms with Crippen molar-refractivity contribution in [3.05, 3.63) is 133 Å². The van der Waals surface area contributed by atoms with E-state index >= 15 is 0 Å². The molecule has 7 rings (SSSR count). The summed E-state index contributed by atoms with van der Waals surface area (Å²) in [5.74, 6) is 3.55. The molecular weight excluding hydrogens is 468 g/mol.